The van der Waals surface area contributed by atoms with Gasteiger partial charge in [-0.15, -0.1) is 5.32 Å². The van der Waals surface area contributed by atoms with E-state index in [1.54, 1.807) is 39.0 Å². The first-order valence-corrected chi connectivity index (χ1v) is 5.78. The number of anilines is 1. The quantitative estimate of drug-likeness (QED) is 0.843. The molecule has 2 rings (SSSR count). The van der Waals surface area contributed by atoms with Crippen LogP contribution in [0.3, 0.4) is 0 Å². The molecule has 0 aliphatic rings. The van der Waals surface area contributed by atoms with Gasteiger partial charge in [0.05, 0.1) is 0 Å². The van der Waals surface area contributed by atoms with Gasteiger partial charge >= 0.3 is 12.1 Å². The topological polar surface area (TPSA) is 82.7 Å². The Bertz CT molecular complexity index is 625. The Morgan fingerprint density at radius 3 is 2.79 bits per heavy atom. The van der Waals surface area contributed by atoms with Crippen molar-refractivity contribution in [2.75, 3.05) is 5.32 Å². The Balaban J connectivity index is 2.17. The number of rotatable bonds is 2. The van der Waals surface area contributed by atoms with Gasteiger partial charge in [-0.1, -0.05) is 0 Å². The van der Waals surface area contributed by atoms with Crippen LogP contribution in [0.15, 0.2) is 22.6 Å². The molecule has 1 heterocycles. The van der Waals surface area contributed by atoms with Crippen LogP contribution in [0, 0.1) is 0 Å². The fourth-order valence-corrected chi connectivity index (χ4v) is 1.52. The molecule has 0 spiro atoms. The molecule has 0 unspecified atom stereocenters. The summed E-state index contributed by atoms with van der Waals surface area (Å²) in [5.41, 5.74) is 1.10. The molecule has 2 aromatic rings. The number of benzene rings is 1. The van der Waals surface area contributed by atoms with Crippen LogP contribution in [0.5, 0.6) is 0 Å². The molecule has 19 heavy (non-hydrogen) atoms. The Morgan fingerprint density at radius 1 is 1.42 bits per heavy atom. The summed E-state index contributed by atoms with van der Waals surface area (Å²) < 4.78 is 10.5. The number of carbonyl (C=O) groups excluding carboxylic acids is 2. The van der Waals surface area contributed by atoms with E-state index in [9.17, 15) is 9.59 Å². The molecule has 1 aromatic carbocycles. The van der Waals surface area contributed by atoms with E-state index in [0.29, 0.717) is 16.7 Å². The second kappa shape index (κ2) is 4.72. The molecule has 0 bridgehead atoms. The Morgan fingerprint density at radius 2 is 2.16 bits per heavy atom. The summed E-state index contributed by atoms with van der Waals surface area (Å²) in [4.78, 5) is 25.1. The van der Waals surface area contributed by atoms with Crippen LogP contribution in [0.4, 0.5) is 10.8 Å². The van der Waals surface area contributed by atoms with E-state index in [4.69, 9.17) is 9.15 Å². The van der Waals surface area contributed by atoms with Gasteiger partial charge in [0.2, 0.25) is 0 Å². The lowest BCUT2D eigenvalue weighted by Crippen LogP contribution is -2.28. The highest BCUT2D eigenvalue weighted by Gasteiger charge is 2.23. The number of aromatic nitrogens is 1. The van der Waals surface area contributed by atoms with Crippen molar-refractivity contribution in [3.05, 3.63) is 23.8 Å². The maximum Gasteiger partial charge on any atom is 0.508 e. The van der Waals surface area contributed by atoms with Crippen LogP contribution in [-0.4, -0.2) is 18.0 Å². The molecule has 0 aliphatic heterocycles. The highest BCUT2D eigenvalue weighted by Crippen LogP contribution is 2.16. The predicted molar refractivity (Wildman–Crippen MR) is 68.0 cm³/mol. The normalized spacial score (nSPS) is 11.3. The summed E-state index contributed by atoms with van der Waals surface area (Å²) in [5, 5.41) is 2.45. The molecule has 0 fully saturated rings. The summed E-state index contributed by atoms with van der Waals surface area (Å²) in [7, 11) is 0. The molecule has 6 heteroatoms. The van der Waals surface area contributed by atoms with E-state index in [1.165, 1.54) is 0 Å². The fraction of sp³-hybridized carbons (Fsp3) is 0.308. The summed E-state index contributed by atoms with van der Waals surface area (Å²) >= 11 is 0. The van der Waals surface area contributed by atoms with E-state index < -0.39 is 11.7 Å². The van der Waals surface area contributed by atoms with E-state index in [0.717, 1.165) is 6.29 Å². The van der Waals surface area contributed by atoms with Crippen molar-refractivity contribution in [1.29, 1.82) is 0 Å². The van der Waals surface area contributed by atoms with E-state index >= 15 is 0 Å². The van der Waals surface area contributed by atoms with E-state index in [1.807, 2.05) is 0 Å². The van der Waals surface area contributed by atoms with Crippen LogP contribution < -0.4 is 10.3 Å². The summed E-state index contributed by atoms with van der Waals surface area (Å²) in [6.07, 6.45) is 0.125. The number of fused-ring (bicyclic) bond motifs is 1. The van der Waals surface area contributed by atoms with E-state index in [2.05, 4.69) is 10.3 Å². The lowest BCUT2D eigenvalue weighted by molar-refractivity contribution is -0.334. The van der Waals surface area contributed by atoms with Crippen molar-refractivity contribution in [3.8, 4) is 0 Å². The number of nitrogens with one attached hydrogen (secondary N) is 2. The smallest absolute Gasteiger partial charge is 0.426 e. The molecule has 1 amide bonds. The average Bonchev–Trinajstić information content (AvgIpc) is 2.66. The van der Waals surface area contributed by atoms with Crippen molar-refractivity contribution in [2.45, 2.75) is 26.4 Å². The van der Waals surface area contributed by atoms with Crippen molar-refractivity contribution in [3.63, 3.8) is 0 Å². The van der Waals surface area contributed by atoms with Gasteiger partial charge in [0.15, 0.2) is 11.1 Å². The largest absolute Gasteiger partial charge is 0.508 e. The monoisotopic (exact) mass is 263 g/mol. The lowest BCUT2D eigenvalue weighted by Gasteiger charge is -2.16. The SMILES string of the molecule is CC(C)(C)OC(=O)Nc1[nH+]c2cc(C=O)ccc2o1. The van der Waals surface area contributed by atoms with Gasteiger partial charge in [-0.2, -0.15) is 4.79 Å². The molecule has 0 atom stereocenters. The Hall–Kier alpha value is -2.37. The molecule has 100 valence electrons. The first-order chi connectivity index (χ1) is 8.87. The molecular weight excluding hydrogens is 248 g/mol. The molecular formula is C13H15N2O4+. The maximum atomic E-state index is 11.6. The summed E-state index contributed by atoms with van der Waals surface area (Å²) in [6.45, 7) is 5.31. The van der Waals surface area contributed by atoms with Crippen molar-refractivity contribution >= 4 is 29.5 Å². The number of amides is 1. The van der Waals surface area contributed by atoms with Gasteiger partial charge in [0.1, 0.15) is 11.9 Å². The average molecular weight is 263 g/mol. The van der Waals surface area contributed by atoms with Gasteiger partial charge in [-0.25, -0.2) is 4.98 Å². The minimum Gasteiger partial charge on any atom is -0.426 e. The molecule has 6 nitrogen and oxygen atoms in total. The number of hydrogen-bond donors (Lipinski definition) is 1. The lowest BCUT2D eigenvalue weighted by atomic mass is 10.2. The number of H-pyrrole nitrogens is 1. The molecule has 0 saturated heterocycles. The van der Waals surface area contributed by atoms with E-state index in [-0.39, 0.29) is 6.01 Å². The summed E-state index contributed by atoms with van der Waals surface area (Å²) in [6, 6.07) is 5.07. The first-order valence-electron chi connectivity index (χ1n) is 5.78. The number of oxazole rings is 1. The van der Waals surface area contributed by atoms with Gasteiger partial charge in [-0.05, 0) is 39.0 Å². The molecule has 0 aliphatic carbocycles. The second-order valence-corrected chi connectivity index (χ2v) is 5.06. The zero-order valence-electron chi connectivity index (χ0n) is 10.9. The molecule has 1 aromatic heterocycles. The summed E-state index contributed by atoms with van der Waals surface area (Å²) in [5.74, 6) is 0. The number of hydrogen-bond acceptors (Lipinski definition) is 4. The van der Waals surface area contributed by atoms with Gasteiger partial charge < -0.3 is 9.15 Å². The van der Waals surface area contributed by atoms with Crippen LogP contribution in [0.2, 0.25) is 0 Å². The van der Waals surface area contributed by atoms with Gasteiger partial charge in [-0.3, -0.25) is 4.79 Å². The third kappa shape index (κ3) is 3.31. The highest BCUT2D eigenvalue weighted by atomic mass is 16.6. The second-order valence-electron chi connectivity index (χ2n) is 5.06. The zero-order valence-corrected chi connectivity index (χ0v) is 10.9. The number of ether oxygens (including phenoxy) is 1. The minimum absolute atomic E-state index is 0.160. The molecule has 0 radical (unpaired) electrons. The fourth-order valence-electron chi connectivity index (χ4n) is 1.52. The number of aldehydes is 1. The zero-order chi connectivity index (χ0) is 14.0. The maximum absolute atomic E-state index is 11.6. The molecule has 0 saturated carbocycles. The Kier molecular flexibility index (Phi) is 3.25. The third-order valence-electron chi connectivity index (χ3n) is 2.21. The van der Waals surface area contributed by atoms with Gasteiger partial charge in [0, 0.05) is 5.56 Å². The first kappa shape index (κ1) is 13.1. The minimum atomic E-state index is -0.613. The molecule has 2 N–H and O–H groups in total. The van der Waals surface area contributed by atoms with Crippen LogP contribution in [-0.2, 0) is 4.74 Å². The third-order valence-corrected chi connectivity index (χ3v) is 2.21. The van der Waals surface area contributed by atoms with Crippen LogP contribution in [0.1, 0.15) is 31.1 Å². The standard InChI is InChI=1S/C13H14N2O4/c1-13(2,3)19-12(17)15-11-14-9-6-8(7-16)4-5-10(9)18-11/h4-7H,1-3H3,(H,14,15,17)/p+1. The van der Waals surface area contributed by atoms with Gasteiger partial charge in [0.25, 0.3) is 0 Å². The van der Waals surface area contributed by atoms with Crippen molar-refractivity contribution in [2.24, 2.45) is 0 Å². The van der Waals surface area contributed by atoms with Crippen LogP contribution in [0.25, 0.3) is 11.1 Å². The Labute approximate surface area is 109 Å². The predicted octanol–water partition coefficient (Wildman–Crippen LogP) is 2.41. The highest BCUT2D eigenvalue weighted by molar-refractivity contribution is 5.84. The van der Waals surface area contributed by atoms with Crippen molar-refractivity contribution < 1.29 is 23.7 Å². The number of aromatic amines is 1. The van der Waals surface area contributed by atoms with Crippen LogP contribution >= 0.6 is 0 Å². The van der Waals surface area contributed by atoms with Crippen molar-refractivity contribution in [1.82, 2.24) is 0 Å². The number of carbonyl (C=O) groups is 2.